The Kier molecular flexibility index (Phi) is 11.1. The molecule has 0 spiro atoms. The van der Waals surface area contributed by atoms with E-state index < -0.39 is 0 Å². The number of guanidine groups is 1. The molecule has 1 aromatic heterocycles. The smallest absolute Gasteiger partial charge is 0.191 e. The topological polar surface area (TPSA) is 79.6 Å². The molecule has 1 aliphatic rings. The fourth-order valence-corrected chi connectivity index (χ4v) is 3.85. The van der Waals surface area contributed by atoms with Gasteiger partial charge in [0.2, 0.25) is 0 Å². The first kappa shape index (κ1) is 24.6. The Morgan fingerprint density at radius 2 is 1.87 bits per heavy atom. The molecule has 1 aliphatic heterocycles. The van der Waals surface area contributed by atoms with Crippen molar-refractivity contribution in [2.75, 3.05) is 39.4 Å². The lowest BCUT2D eigenvalue weighted by atomic mass is 10.0. The first-order valence-electron chi connectivity index (χ1n) is 11.7. The van der Waals surface area contributed by atoms with Crippen LogP contribution in [0.4, 0.5) is 0 Å². The molecule has 1 unspecified atom stereocenters. The quantitative estimate of drug-likeness (QED) is 0.325. The molecule has 2 N–H and O–H groups in total. The van der Waals surface area contributed by atoms with Crippen LogP contribution in [0.1, 0.15) is 64.5 Å². The van der Waals surface area contributed by atoms with Gasteiger partial charge in [-0.1, -0.05) is 26.7 Å². The van der Waals surface area contributed by atoms with Gasteiger partial charge in [-0.2, -0.15) is 0 Å². The van der Waals surface area contributed by atoms with Crippen molar-refractivity contribution in [3.63, 3.8) is 0 Å². The van der Waals surface area contributed by atoms with Crippen molar-refractivity contribution in [1.29, 1.82) is 0 Å². The van der Waals surface area contributed by atoms with Crippen LogP contribution >= 0.6 is 0 Å². The van der Waals surface area contributed by atoms with E-state index in [-0.39, 0.29) is 0 Å². The largest absolute Gasteiger partial charge is 0.382 e. The number of ether oxygens (including phenoxy) is 1. The molecule has 1 atom stereocenters. The molecule has 1 fully saturated rings. The maximum absolute atomic E-state index is 5.46. The zero-order chi connectivity index (χ0) is 21.8. The Labute approximate surface area is 182 Å². The molecule has 2 rings (SSSR count). The van der Waals surface area contributed by atoms with Gasteiger partial charge in [-0.25, -0.2) is 4.99 Å². The Morgan fingerprint density at radius 3 is 2.47 bits per heavy atom. The molecule has 0 aromatic carbocycles. The molecule has 0 radical (unpaired) electrons. The van der Waals surface area contributed by atoms with E-state index in [1.54, 1.807) is 0 Å². The molecule has 8 heteroatoms. The van der Waals surface area contributed by atoms with Crippen molar-refractivity contribution < 1.29 is 4.74 Å². The van der Waals surface area contributed by atoms with Gasteiger partial charge in [-0.3, -0.25) is 4.90 Å². The van der Waals surface area contributed by atoms with Gasteiger partial charge >= 0.3 is 0 Å². The molecule has 2 heterocycles. The Hall–Kier alpha value is -1.67. The molecule has 30 heavy (non-hydrogen) atoms. The van der Waals surface area contributed by atoms with E-state index in [1.807, 2.05) is 25.5 Å². The summed E-state index contributed by atoms with van der Waals surface area (Å²) in [5.41, 5.74) is 0. The van der Waals surface area contributed by atoms with E-state index in [0.717, 1.165) is 50.3 Å². The van der Waals surface area contributed by atoms with Crippen molar-refractivity contribution in [2.24, 2.45) is 18.0 Å². The molecule has 0 saturated carbocycles. The summed E-state index contributed by atoms with van der Waals surface area (Å²) < 4.78 is 7.45. The Balaban J connectivity index is 1.98. The average molecular weight is 422 g/mol. The van der Waals surface area contributed by atoms with Gasteiger partial charge in [0.1, 0.15) is 12.4 Å². The van der Waals surface area contributed by atoms with E-state index in [1.165, 1.54) is 38.8 Å². The normalized spacial score (nSPS) is 17.2. The summed E-state index contributed by atoms with van der Waals surface area (Å²) in [4.78, 5) is 7.46. The van der Waals surface area contributed by atoms with E-state index in [4.69, 9.17) is 9.73 Å². The summed E-state index contributed by atoms with van der Waals surface area (Å²) in [6.45, 7) is 14.8. The maximum atomic E-state index is 5.46. The molecule has 8 nitrogen and oxygen atoms in total. The number of aryl methyl sites for hydroxylation is 1. The van der Waals surface area contributed by atoms with Crippen molar-refractivity contribution >= 4 is 5.96 Å². The van der Waals surface area contributed by atoms with Crippen LogP contribution in [-0.4, -0.2) is 71.1 Å². The monoisotopic (exact) mass is 421 g/mol. The van der Waals surface area contributed by atoms with Gasteiger partial charge < -0.3 is 19.9 Å². The van der Waals surface area contributed by atoms with Crippen LogP contribution in [0.5, 0.6) is 0 Å². The highest BCUT2D eigenvalue weighted by atomic mass is 16.5. The summed E-state index contributed by atoms with van der Waals surface area (Å²) in [5, 5.41) is 15.4. The number of aromatic nitrogens is 3. The second kappa shape index (κ2) is 13.6. The molecule has 0 aliphatic carbocycles. The van der Waals surface area contributed by atoms with E-state index in [2.05, 4.69) is 39.6 Å². The predicted molar refractivity (Wildman–Crippen MR) is 123 cm³/mol. The summed E-state index contributed by atoms with van der Waals surface area (Å²) in [5.74, 6) is 3.21. The minimum absolute atomic E-state index is 0.508. The number of nitrogens with one attached hydrogen (secondary N) is 2. The van der Waals surface area contributed by atoms with E-state index in [0.29, 0.717) is 18.5 Å². The highest BCUT2D eigenvalue weighted by Gasteiger charge is 2.23. The lowest BCUT2D eigenvalue weighted by Crippen LogP contribution is -2.50. The Morgan fingerprint density at radius 1 is 1.13 bits per heavy atom. The summed E-state index contributed by atoms with van der Waals surface area (Å²) in [6, 6.07) is 0.510. The van der Waals surface area contributed by atoms with Crippen LogP contribution in [0.3, 0.4) is 0 Å². The maximum Gasteiger partial charge on any atom is 0.191 e. The van der Waals surface area contributed by atoms with Gasteiger partial charge in [-0.15, -0.1) is 10.2 Å². The minimum Gasteiger partial charge on any atom is -0.382 e. The molecule has 1 aromatic rings. The van der Waals surface area contributed by atoms with Crippen molar-refractivity contribution in [3.8, 4) is 0 Å². The zero-order valence-electron chi connectivity index (χ0n) is 19.8. The van der Waals surface area contributed by atoms with Gasteiger partial charge in [0.05, 0.1) is 0 Å². The van der Waals surface area contributed by atoms with Crippen LogP contribution in [0.2, 0.25) is 0 Å². The average Bonchev–Trinajstić information content (AvgIpc) is 2.91. The fraction of sp³-hybridized carbons (Fsp3) is 0.864. The van der Waals surface area contributed by atoms with Crippen LogP contribution in [0, 0.1) is 12.8 Å². The van der Waals surface area contributed by atoms with Gasteiger partial charge in [0.15, 0.2) is 11.8 Å². The molecular formula is C22H43N7O. The van der Waals surface area contributed by atoms with Crippen molar-refractivity contribution in [3.05, 3.63) is 11.6 Å². The van der Waals surface area contributed by atoms with E-state index >= 15 is 0 Å². The van der Waals surface area contributed by atoms with Crippen LogP contribution < -0.4 is 10.6 Å². The minimum atomic E-state index is 0.508. The van der Waals surface area contributed by atoms with Crippen LogP contribution in [0.15, 0.2) is 4.99 Å². The van der Waals surface area contributed by atoms with Gasteiger partial charge in [0, 0.05) is 39.4 Å². The molecular weight excluding hydrogens is 378 g/mol. The lowest BCUT2D eigenvalue weighted by molar-refractivity contribution is 0.145. The number of hydrogen-bond acceptors (Lipinski definition) is 5. The molecule has 0 amide bonds. The number of aliphatic imine (C=N–C) groups is 1. The van der Waals surface area contributed by atoms with Gasteiger partial charge in [0.25, 0.3) is 0 Å². The second-order valence-electron chi connectivity index (χ2n) is 8.51. The van der Waals surface area contributed by atoms with Gasteiger partial charge in [-0.05, 0) is 52.1 Å². The summed E-state index contributed by atoms with van der Waals surface area (Å²) in [7, 11) is 1.98. The number of nitrogens with zero attached hydrogens (tertiary/aromatic N) is 5. The van der Waals surface area contributed by atoms with Crippen LogP contribution in [0.25, 0.3) is 0 Å². The lowest BCUT2D eigenvalue weighted by Gasteiger charge is -2.34. The standard InChI is InChI=1S/C22H43N7O/c1-6-30-15-11-12-23-22(25-17-21-27-26-19(4)28(21)5)24-16-20(18(2)3)29-13-9-7-8-10-14-29/h18,20H,6-17H2,1-5H3,(H2,23,24,25). The SMILES string of the molecule is CCOCCCNC(=NCc1nnc(C)n1C)NCC(C(C)C)N1CCCCCC1. The number of hydrogen-bond donors (Lipinski definition) is 2. The van der Waals surface area contributed by atoms with E-state index in [9.17, 15) is 0 Å². The molecule has 0 bridgehead atoms. The predicted octanol–water partition coefficient (Wildman–Crippen LogP) is 2.49. The third-order valence-corrected chi connectivity index (χ3v) is 5.88. The third-order valence-electron chi connectivity index (χ3n) is 5.88. The highest BCUT2D eigenvalue weighted by molar-refractivity contribution is 5.79. The van der Waals surface area contributed by atoms with Crippen LogP contribution in [-0.2, 0) is 18.3 Å². The Bertz CT molecular complexity index is 621. The van der Waals surface area contributed by atoms with Crippen molar-refractivity contribution in [2.45, 2.75) is 72.4 Å². The molecule has 1 saturated heterocycles. The summed E-state index contributed by atoms with van der Waals surface area (Å²) >= 11 is 0. The second-order valence-corrected chi connectivity index (χ2v) is 8.51. The summed E-state index contributed by atoms with van der Waals surface area (Å²) in [6.07, 6.45) is 6.30. The third kappa shape index (κ3) is 8.22. The van der Waals surface area contributed by atoms with Crippen molar-refractivity contribution in [1.82, 2.24) is 30.3 Å². The number of likely N-dealkylation sites (tertiary alicyclic amines) is 1. The fourth-order valence-electron chi connectivity index (χ4n) is 3.85. The first-order valence-corrected chi connectivity index (χ1v) is 11.7. The molecule has 172 valence electrons. The number of rotatable bonds is 11. The first-order chi connectivity index (χ1) is 14.5. The highest BCUT2D eigenvalue weighted by Crippen LogP contribution is 2.17. The zero-order valence-corrected chi connectivity index (χ0v) is 19.8.